The van der Waals surface area contributed by atoms with Crippen LogP contribution in [0.25, 0.3) is 22.6 Å². The van der Waals surface area contributed by atoms with E-state index in [0.717, 1.165) is 32.4 Å². The second-order valence-electron chi connectivity index (χ2n) is 6.09. The molecular formula is C23H18N2S3. The lowest BCUT2D eigenvalue weighted by Gasteiger charge is -2.10. The standard InChI is InChI=1S/C23H18N2S3/c1-27-17-13-16(14-18(15-17)28-23-11-3-2-10-22(23)26)19-8-6-9-21(25-19)20-7-4-5-12-24-20/h2-15,26H,1H3. The van der Waals surface area contributed by atoms with Gasteiger partial charge in [0.2, 0.25) is 0 Å². The predicted octanol–water partition coefficient (Wildman–Crippen LogP) is 6.97. The highest BCUT2D eigenvalue weighted by atomic mass is 32.2. The van der Waals surface area contributed by atoms with Gasteiger partial charge < -0.3 is 0 Å². The van der Waals surface area contributed by atoms with Crippen LogP contribution in [-0.2, 0) is 0 Å². The van der Waals surface area contributed by atoms with Gasteiger partial charge in [0.05, 0.1) is 17.1 Å². The van der Waals surface area contributed by atoms with Crippen molar-refractivity contribution in [2.24, 2.45) is 0 Å². The monoisotopic (exact) mass is 418 g/mol. The van der Waals surface area contributed by atoms with E-state index in [4.69, 9.17) is 4.98 Å². The lowest BCUT2D eigenvalue weighted by molar-refractivity contribution is 1.22. The summed E-state index contributed by atoms with van der Waals surface area (Å²) in [4.78, 5) is 13.8. The minimum atomic E-state index is 0.877. The number of hydrogen-bond acceptors (Lipinski definition) is 5. The molecule has 0 amide bonds. The van der Waals surface area contributed by atoms with E-state index in [1.54, 1.807) is 29.7 Å². The Kier molecular flexibility index (Phi) is 6.05. The highest BCUT2D eigenvalue weighted by Crippen LogP contribution is 2.36. The number of benzene rings is 2. The summed E-state index contributed by atoms with van der Waals surface area (Å²) in [5.74, 6) is 0. The van der Waals surface area contributed by atoms with Crippen molar-refractivity contribution >= 4 is 36.2 Å². The third kappa shape index (κ3) is 4.43. The molecule has 0 aliphatic carbocycles. The number of thioether (sulfide) groups is 1. The number of hydrogen-bond donors (Lipinski definition) is 1. The molecule has 2 nitrogen and oxygen atoms in total. The Morgan fingerprint density at radius 2 is 1.50 bits per heavy atom. The summed E-state index contributed by atoms with van der Waals surface area (Å²) in [7, 11) is 0. The Morgan fingerprint density at radius 3 is 2.29 bits per heavy atom. The van der Waals surface area contributed by atoms with Crippen molar-refractivity contribution in [3.63, 3.8) is 0 Å². The third-order valence-corrected chi connectivity index (χ3v) is 6.48. The molecule has 2 aromatic carbocycles. The van der Waals surface area contributed by atoms with E-state index in [-0.39, 0.29) is 0 Å². The summed E-state index contributed by atoms with van der Waals surface area (Å²) < 4.78 is 0. The topological polar surface area (TPSA) is 25.8 Å². The van der Waals surface area contributed by atoms with E-state index in [9.17, 15) is 0 Å². The first-order valence-corrected chi connectivity index (χ1v) is 11.3. The van der Waals surface area contributed by atoms with Crippen molar-refractivity contribution in [1.82, 2.24) is 9.97 Å². The molecule has 28 heavy (non-hydrogen) atoms. The van der Waals surface area contributed by atoms with Crippen molar-refractivity contribution in [3.05, 3.63) is 85.1 Å². The lowest BCUT2D eigenvalue weighted by Crippen LogP contribution is -1.90. The van der Waals surface area contributed by atoms with Crippen LogP contribution in [-0.4, -0.2) is 16.2 Å². The molecule has 2 aromatic heterocycles. The maximum atomic E-state index is 4.86. The van der Waals surface area contributed by atoms with Gasteiger partial charge in [-0.2, -0.15) is 0 Å². The molecule has 0 fully saturated rings. The Labute approximate surface area is 179 Å². The maximum Gasteiger partial charge on any atom is 0.0893 e. The first kappa shape index (κ1) is 19.1. The van der Waals surface area contributed by atoms with Crippen LogP contribution in [0.3, 0.4) is 0 Å². The molecule has 0 bridgehead atoms. The van der Waals surface area contributed by atoms with E-state index < -0.39 is 0 Å². The van der Waals surface area contributed by atoms with Crippen molar-refractivity contribution in [3.8, 4) is 22.6 Å². The average molecular weight is 419 g/mol. The van der Waals surface area contributed by atoms with Gasteiger partial charge in [-0.1, -0.05) is 36.0 Å². The van der Waals surface area contributed by atoms with Gasteiger partial charge in [0.1, 0.15) is 0 Å². The summed E-state index contributed by atoms with van der Waals surface area (Å²) in [6.45, 7) is 0. The fourth-order valence-electron chi connectivity index (χ4n) is 2.82. The van der Waals surface area contributed by atoms with Crippen molar-refractivity contribution in [1.29, 1.82) is 0 Å². The number of nitrogens with zero attached hydrogens (tertiary/aromatic N) is 2. The minimum absolute atomic E-state index is 0.877. The molecule has 0 spiro atoms. The number of pyridine rings is 2. The minimum Gasteiger partial charge on any atom is -0.255 e. The molecule has 0 saturated carbocycles. The molecule has 0 unspecified atom stereocenters. The van der Waals surface area contributed by atoms with Crippen LogP contribution in [0.5, 0.6) is 0 Å². The SMILES string of the molecule is CSc1cc(Sc2ccccc2S)cc(-c2cccc(-c3ccccn3)n2)c1. The normalized spacial score (nSPS) is 10.8. The molecule has 4 aromatic rings. The quantitative estimate of drug-likeness (QED) is 0.279. The second-order valence-corrected chi connectivity index (χ2v) is 8.57. The zero-order valence-corrected chi connectivity index (χ0v) is 17.8. The summed E-state index contributed by atoms with van der Waals surface area (Å²) >= 11 is 8.04. The number of thiol groups is 1. The predicted molar refractivity (Wildman–Crippen MR) is 123 cm³/mol. The van der Waals surface area contributed by atoms with E-state index >= 15 is 0 Å². The highest BCUT2D eigenvalue weighted by molar-refractivity contribution is 8.00. The fraction of sp³-hybridized carbons (Fsp3) is 0.0435. The van der Waals surface area contributed by atoms with Gasteiger partial charge in [-0.15, -0.1) is 24.4 Å². The molecule has 0 atom stereocenters. The smallest absolute Gasteiger partial charge is 0.0893 e. The van der Waals surface area contributed by atoms with E-state index in [1.165, 1.54) is 9.79 Å². The van der Waals surface area contributed by atoms with Crippen LogP contribution < -0.4 is 0 Å². The molecule has 138 valence electrons. The summed E-state index contributed by atoms with van der Waals surface area (Å²) in [6, 6.07) is 26.7. The van der Waals surface area contributed by atoms with Gasteiger partial charge >= 0.3 is 0 Å². The molecule has 0 N–H and O–H groups in total. The van der Waals surface area contributed by atoms with Gasteiger partial charge in [0.15, 0.2) is 0 Å². The zero-order valence-electron chi connectivity index (χ0n) is 15.2. The van der Waals surface area contributed by atoms with E-state index in [0.29, 0.717) is 0 Å². The first-order chi connectivity index (χ1) is 13.7. The van der Waals surface area contributed by atoms with Crippen molar-refractivity contribution in [2.45, 2.75) is 19.6 Å². The Hall–Kier alpha value is -2.21. The Bertz CT molecular complexity index is 1100. The molecule has 0 aliphatic heterocycles. The van der Waals surface area contributed by atoms with Crippen LogP contribution in [0.1, 0.15) is 0 Å². The van der Waals surface area contributed by atoms with Crippen LogP contribution >= 0.6 is 36.2 Å². The van der Waals surface area contributed by atoms with Gasteiger partial charge in [0.25, 0.3) is 0 Å². The lowest BCUT2D eigenvalue weighted by atomic mass is 10.1. The van der Waals surface area contributed by atoms with Gasteiger partial charge in [-0.3, -0.25) is 4.98 Å². The van der Waals surface area contributed by atoms with Crippen LogP contribution in [0.2, 0.25) is 0 Å². The second kappa shape index (κ2) is 8.86. The van der Waals surface area contributed by atoms with Gasteiger partial charge in [-0.25, -0.2) is 4.98 Å². The molecule has 4 rings (SSSR count). The van der Waals surface area contributed by atoms with E-state index in [1.807, 2.05) is 54.6 Å². The molecule has 2 heterocycles. The Morgan fingerprint density at radius 1 is 0.750 bits per heavy atom. The maximum absolute atomic E-state index is 4.86. The molecule has 0 radical (unpaired) electrons. The van der Waals surface area contributed by atoms with Crippen molar-refractivity contribution in [2.75, 3.05) is 6.26 Å². The van der Waals surface area contributed by atoms with Gasteiger partial charge in [-0.05, 0) is 60.9 Å². The van der Waals surface area contributed by atoms with Gasteiger partial charge in [0, 0.05) is 31.3 Å². The molecule has 0 aliphatic rings. The molecular weight excluding hydrogens is 400 g/mol. The molecule has 0 saturated heterocycles. The van der Waals surface area contributed by atoms with Crippen LogP contribution in [0, 0.1) is 0 Å². The number of rotatable bonds is 5. The summed E-state index contributed by atoms with van der Waals surface area (Å²) in [6.07, 6.45) is 3.89. The third-order valence-electron chi connectivity index (χ3n) is 4.18. The highest BCUT2D eigenvalue weighted by Gasteiger charge is 2.09. The zero-order chi connectivity index (χ0) is 19.3. The fourth-order valence-corrected chi connectivity index (χ4v) is 4.63. The summed E-state index contributed by atoms with van der Waals surface area (Å²) in [5, 5.41) is 0. The van der Waals surface area contributed by atoms with E-state index in [2.05, 4.69) is 48.1 Å². The Balaban J connectivity index is 1.73. The number of aromatic nitrogens is 2. The van der Waals surface area contributed by atoms with Crippen molar-refractivity contribution < 1.29 is 0 Å². The first-order valence-electron chi connectivity index (χ1n) is 8.77. The van der Waals surface area contributed by atoms with Crippen LogP contribution in [0.4, 0.5) is 0 Å². The largest absolute Gasteiger partial charge is 0.255 e. The summed E-state index contributed by atoms with van der Waals surface area (Å²) in [5.41, 5.74) is 3.80. The molecule has 5 heteroatoms. The average Bonchev–Trinajstić information content (AvgIpc) is 2.76. The van der Waals surface area contributed by atoms with Crippen LogP contribution in [0.15, 0.2) is 105 Å².